The van der Waals surface area contributed by atoms with E-state index in [-0.39, 0.29) is 48.5 Å². The molecule has 2 aliphatic rings. The standard InChI is InChI=1S/C18H28N4O2.3ClH/c1-24-15-18(5-8-19-9-6-18)17(23)22-12-10-21(11-13-22)14-16-4-2-3-7-20-16;;;/h2-4,7,19H,5-6,8-15H2,1H3;3*1H. The number of nitrogens with one attached hydrogen (secondary N) is 1. The molecule has 0 aliphatic carbocycles. The smallest absolute Gasteiger partial charge is 0.231 e. The third-order valence-corrected chi connectivity index (χ3v) is 5.21. The number of piperazine rings is 1. The molecule has 27 heavy (non-hydrogen) atoms. The van der Waals surface area contributed by atoms with E-state index >= 15 is 0 Å². The van der Waals surface area contributed by atoms with Gasteiger partial charge in [-0.25, -0.2) is 0 Å². The number of methoxy groups -OCH3 is 1. The van der Waals surface area contributed by atoms with E-state index in [0.29, 0.717) is 6.61 Å². The summed E-state index contributed by atoms with van der Waals surface area (Å²) < 4.78 is 5.40. The molecule has 0 atom stereocenters. The van der Waals surface area contributed by atoms with Crippen LogP contribution in [0.1, 0.15) is 18.5 Å². The highest BCUT2D eigenvalue weighted by Gasteiger charge is 2.42. The molecule has 1 amide bonds. The average molecular weight is 442 g/mol. The maximum Gasteiger partial charge on any atom is 0.231 e. The maximum atomic E-state index is 13.1. The van der Waals surface area contributed by atoms with Crippen molar-refractivity contribution in [3.8, 4) is 0 Å². The van der Waals surface area contributed by atoms with Crippen LogP contribution in [0.5, 0.6) is 0 Å². The van der Waals surface area contributed by atoms with Crippen LogP contribution in [0.4, 0.5) is 0 Å². The van der Waals surface area contributed by atoms with Gasteiger partial charge in [0.25, 0.3) is 0 Å². The first-order valence-electron chi connectivity index (χ1n) is 8.85. The Kier molecular flexibility index (Phi) is 12.5. The summed E-state index contributed by atoms with van der Waals surface area (Å²) in [6, 6.07) is 6.02. The largest absolute Gasteiger partial charge is 0.384 e. The molecular weight excluding hydrogens is 411 g/mol. The van der Waals surface area contributed by atoms with Gasteiger partial charge in [-0.2, -0.15) is 0 Å². The summed E-state index contributed by atoms with van der Waals surface area (Å²) in [6.07, 6.45) is 3.57. The first kappa shape index (κ1) is 26.4. The molecule has 0 unspecified atom stereocenters. The lowest BCUT2D eigenvalue weighted by atomic mass is 9.78. The Morgan fingerprint density at radius 1 is 1.15 bits per heavy atom. The normalized spacial score (nSPS) is 19.2. The Balaban J connectivity index is 0.00000225. The summed E-state index contributed by atoms with van der Waals surface area (Å²) in [5.74, 6) is 0.281. The zero-order valence-corrected chi connectivity index (χ0v) is 18.2. The Morgan fingerprint density at radius 3 is 2.37 bits per heavy atom. The summed E-state index contributed by atoms with van der Waals surface area (Å²) in [5.41, 5.74) is 0.759. The van der Waals surface area contributed by atoms with Crippen molar-refractivity contribution < 1.29 is 9.53 Å². The van der Waals surface area contributed by atoms with E-state index in [9.17, 15) is 4.79 Å². The number of piperidine rings is 1. The number of carbonyl (C=O) groups excluding carboxylic acids is 1. The number of hydrogen-bond donors (Lipinski definition) is 1. The van der Waals surface area contributed by atoms with Gasteiger partial charge >= 0.3 is 0 Å². The van der Waals surface area contributed by atoms with Crippen LogP contribution in [0.15, 0.2) is 24.4 Å². The maximum absolute atomic E-state index is 13.1. The van der Waals surface area contributed by atoms with Crippen LogP contribution in [0.2, 0.25) is 0 Å². The first-order valence-corrected chi connectivity index (χ1v) is 8.85. The van der Waals surface area contributed by atoms with E-state index in [1.165, 1.54) is 0 Å². The second-order valence-corrected chi connectivity index (χ2v) is 6.85. The molecule has 3 rings (SSSR count). The van der Waals surface area contributed by atoms with Crippen molar-refractivity contribution in [2.45, 2.75) is 19.4 Å². The molecule has 1 aromatic heterocycles. The molecule has 9 heteroatoms. The fourth-order valence-corrected chi connectivity index (χ4v) is 3.77. The van der Waals surface area contributed by atoms with E-state index in [4.69, 9.17) is 4.74 Å². The molecule has 6 nitrogen and oxygen atoms in total. The molecule has 0 saturated carbocycles. The minimum atomic E-state index is -0.330. The Hall–Kier alpha value is -0.630. The molecule has 1 aromatic rings. The number of rotatable bonds is 5. The summed E-state index contributed by atoms with van der Waals surface area (Å²) in [4.78, 5) is 21.9. The Labute approximate surface area is 180 Å². The van der Waals surface area contributed by atoms with Crippen LogP contribution < -0.4 is 5.32 Å². The molecular formula is C18H31Cl3N4O2. The van der Waals surface area contributed by atoms with Crippen LogP contribution in [0.25, 0.3) is 0 Å². The Morgan fingerprint density at radius 2 is 1.81 bits per heavy atom. The van der Waals surface area contributed by atoms with Gasteiger partial charge < -0.3 is 15.0 Å². The lowest BCUT2D eigenvalue weighted by Gasteiger charge is -2.42. The first-order chi connectivity index (χ1) is 11.7. The highest BCUT2D eigenvalue weighted by molar-refractivity contribution is 5.86. The molecule has 2 saturated heterocycles. The minimum Gasteiger partial charge on any atom is -0.384 e. The second-order valence-electron chi connectivity index (χ2n) is 6.85. The van der Waals surface area contributed by atoms with Gasteiger partial charge in [-0.1, -0.05) is 6.07 Å². The summed E-state index contributed by atoms with van der Waals surface area (Å²) in [7, 11) is 1.70. The number of ether oxygens (including phenoxy) is 1. The summed E-state index contributed by atoms with van der Waals surface area (Å²) >= 11 is 0. The third-order valence-electron chi connectivity index (χ3n) is 5.21. The van der Waals surface area contributed by atoms with Crippen molar-refractivity contribution in [3.05, 3.63) is 30.1 Å². The predicted octanol–water partition coefficient (Wildman–Crippen LogP) is 2.01. The third kappa shape index (κ3) is 6.73. The monoisotopic (exact) mass is 440 g/mol. The van der Waals surface area contributed by atoms with Crippen LogP contribution in [0.3, 0.4) is 0 Å². The number of carbonyl (C=O) groups is 1. The van der Waals surface area contributed by atoms with Gasteiger partial charge in [0.15, 0.2) is 0 Å². The number of nitrogens with zero attached hydrogens (tertiary/aromatic N) is 3. The lowest BCUT2D eigenvalue weighted by Crippen LogP contribution is -2.56. The highest BCUT2D eigenvalue weighted by Crippen LogP contribution is 2.32. The zero-order valence-electron chi connectivity index (χ0n) is 15.8. The Bertz CT molecular complexity index is 531. The fraction of sp³-hybridized carbons (Fsp3) is 0.667. The van der Waals surface area contributed by atoms with Crippen LogP contribution >= 0.6 is 37.2 Å². The SMILES string of the molecule is COCC1(C(=O)N2CCN(Cc3ccccn3)CC2)CCNCC1.Cl.Cl.Cl. The fourth-order valence-electron chi connectivity index (χ4n) is 3.77. The second kappa shape index (κ2) is 12.8. The molecule has 2 fully saturated rings. The molecule has 1 N–H and O–H groups in total. The molecule has 156 valence electrons. The van der Waals surface area contributed by atoms with E-state index in [2.05, 4.69) is 21.3 Å². The molecule has 0 aromatic carbocycles. The molecule has 0 bridgehead atoms. The topological polar surface area (TPSA) is 57.7 Å². The molecule has 3 heterocycles. The summed E-state index contributed by atoms with van der Waals surface area (Å²) in [6.45, 7) is 6.59. The van der Waals surface area contributed by atoms with Crippen molar-refractivity contribution in [2.24, 2.45) is 5.41 Å². The number of amides is 1. The van der Waals surface area contributed by atoms with Crippen molar-refractivity contribution in [1.82, 2.24) is 20.1 Å². The van der Waals surface area contributed by atoms with Crippen LogP contribution in [-0.2, 0) is 16.1 Å². The predicted molar refractivity (Wildman–Crippen MR) is 114 cm³/mol. The summed E-state index contributed by atoms with van der Waals surface area (Å²) in [5, 5.41) is 3.35. The average Bonchev–Trinajstić information content (AvgIpc) is 2.64. The van der Waals surface area contributed by atoms with E-state index in [1.807, 2.05) is 23.2 Å². The zero-order chi connectivity index (χ0) is 16.8. The van der Waals surface area contributed by atoms with Gasteiger partial charge in [-0.3, -0.25) is 14.7 Å². The number of halogens is 3. The number of aromatic nitrogens is 1. The van der Waals surface area contributed by atoms with Gasteiger partial charge in [0, 0.05) is 46.0 Å². The molecule has 0 radical (unpaired) electrons. The van der Waals surface area contributed by atoms with Gasteiger partial charge in [0.05, 0.1) is 17.7 Å². The van der Waals surface area contributed by atoms with Gasteiger partial charge in [0.1, 0.15) is 0 Å². The van der Waals surface area contributed by atoms with Crippen LogP contribution in [-0.4, -0.2) is 73.7 Å². The van der Waals surface area contributed by atoms with E-state index < -0.39 is 0 Å². The van der Waals surface area contributed by atoms with Crippen molar-refractivity contribution >= 4 is 43.1 Å². The van der Waals surface area contributed by atoms with Crippen molar-refractivity contribution in [1.29, 1.82) is 0 Å². The lowest BCUT2D eigenvalue weighted by molar-refractivity contribution is -0.149. The molecule has 0 spiro atoms. The van der Waals surface area contributed by atoms with E-state index in [1.54, 1.807) is 7.11 Å². The van der Waals surface area contributed by atoms with E-state index in [0.717, 1.165) is 64.3 Å². The van der Waals surface area contributed by atoms with Gasteiger partial charge in [0.2, 0.25) is 5.91 Å². The van der Waals surface area contributed by atoms with Gasteiger partial charge in [-0.15, -0.1) is 37.2 Å². The highest BCUT2D eigenvalue weighted by atomic mass is 35.5. The number of pyridine rings is 1. The minimum absolute atomic E-state index is 0. The van der Waals surface area contributed by atoms with Gasteiger partial charge in [-0.05, 0) is 38.1 Å². The van der Waals surface area contributed by atoms with Crippen molar-refractivity contribution in [3.63, 3.8) is 0 Å². The van der Waals surface area contributed by atoms with Crippen molar-refractivity contribution in [2.75, 3.05) is 53.0 Å². The van der Waals surface area contributed by atoms with Crippen LogP contribution in [0, 0.1) is 5.41 Å². The number of hydrogen-bond acceptors (Lipinski definition) is 5. The quantitative estimate of drug-likeness (QED) is 0.757. The molecule has 2 aliphatic heterocycles.